The molecule has 4 aromatic carbocycles. The highest BCUT2D eigenvalue weighted by molar-refractivity contribution is 6.04. The molecule has 0 bridgehead atoms. The SMILES string of the molecule is CN(C(=N)N(C)c1ccccc1)c1ccccc1.CN=C(Nc1ccccc1)Nc1ccccc1.[HH].[HH].[HH]. The highest BCUT2D eigenvalue weighted by atomic mass is 15.3. The van der Waals surface area contributed by atoms with Crippen LogP contribution < -0.4 is 20.4 Å². The summed E-state index contributed by atoms with van der Waals surface area (Å²) in [6.45, 7) is 0. The first-order valence-corrected chi connectivity index (χ1v) is 11.4. The lowest BCUT2D eigenvalue weighted by Crippen LogP contribution is -2.39. The minimum atomic E-state index is 0. The van der Waals surface area contributed by atoms with Crippen molar-refractivity contribution < 1.29 is 4.28 Å². The number of hydrogen-bond donors (Lipinski definition) is 3. The Labute approximate surface area is 212 Å². The van der Waals surface area contributed by atoms with Crippen molar-refractivity contribution in [3.05, 3.63) is 121 Å². The normalized spacial score (nSPS) is 9.69. The molecular formula is C29H38N6. The maximum atomic E-state index is 8.23. The monoisotopic (exact) mass is 470 g/mol. The molecule has 0 unspecified atom stereocenters. The van der Waals surface area contributed by atoms with Gasteiger partial charge in [0.25, 0.3) is 0 Å². The molecule has 3 N–H and O–H groups in total. The average Bonchev–Trinajstić information content (AvgIpc) is 2.94. The maximum Gasteiger partial charge on any atom is 0.202 e. The smallest absolute Gasteiger partial charge is 0.202 e. The van der Waals surface area contributed by atoms with Gasteiger partial charge in [-0.15, -0.1) is 0 Å². The van der Waals surface area contributed by atoms with Crippen LogP contribution in [0.2, 0.25) is 0 Å². The molecule has 0 saturated carbocycles. The van der Waals surface area contributed by atoms with E-state index in [0.29, 0.717) is 5.96 Å². The van der Waals surface area contributed by atoms with Gasteiger partial charge < -0.3 is 20.4 Å². The Bertz CT molecular complexity index is 1100. The van der Waals surface area contributed by atoms with Crippen molar-refractivity contribution in [1.82, 2.24) is 0 Å². The van der Waals surface area contributed by atoms with E-state index in [0.717, 1.165) is 28.7 Å². The van der Waals surface area contributed by atoms with Crippen LogP contribution in [0, 0.1) is 5.41 Å². The molecule has 0 atom stereocenters. The molecule has 0 aliphatic heterocycles. The molecule has 184 valence electrons. The minimum absolute atomic E-state index is 0. The largest absolute Gasteiger partial charge is 0.326 e. The van der Waals surface area contributed by atoms with Crippen molar-refractivity contribution >= 4 is 34.7 Å². The summed E-state index contributed by atoms with van der Waals surface area (Å²) in [6.07, 6.45) is 0. The van der Waals surface area contributed by atoms with Gasteiger partial charge in [-0.2, -0.15) is 0 Å². The van der Waals surface area contributed by atoms with Crippen molar-refractivity contribution in [3.63, 3.8) is 0 Å². The molecule has 0 aliphatic rings. The Morgan fingerprint density at radius 2 is 0.914 bits per heavy atom. The number of benzene rings is 4. The Morgan fingerprint density at radius 1 is 0.600 bits per heavy atom. The molecule has 0 radical (unpaired) electrons. The Morgan fingerprint density at radius 3 is 1.23 bits per heavy atom. The van der Waals surface area contributed by atoms with Crippen molar-refractivity contribution in [2.75, 3.05) is 41.6 Å². The second kappa shape index (κ2) is 13.2. The second-order valence-electron chi connectivity index (χ2n) is 7.67. The van der Waals surface area contributed by atoms with Crippen LogP contribution in [0.3, 0.4) is 0 Å². The minimum Gasteiger partial charge on any atom is -0.326 e. The highest BCUT2D eigenvalue weighted by Crippen LogP contribution is 2.17. The number of rotatable bonds is 4. The standard InChI is InChI=1S/C15H17N3.C14H15N3.3H2/c1-17(13-9-5-3-6-10-13)15(16)18(2)14-11-7-4-8-12-14;1-15-14(16-12-8-4-2-5-9-12)17-13-10-6-3-7-11-13;;;/h3-12,16H,1-2H3;2-11H,1H3,(H2,15,16,17);3*1H. The van der Waals surface area contributed by atoms with Gasteiger partial charge in [0.05, 0.1) is 0 Å². The number of hydrogen-bond acceptors (Lipinski definition) is 2. The highest BCUT2D eigenvalue weighted by Gasteiger charge is 2.12. The van der Waals surface area contributed by atoms with Crippen LogP contribution in [0.15, 0.2) is 126 Å². The van der Waals surface area contributed by atoms with Gasteiger partial charge in [-0.1, -0.05) is 72.8 Å². The first-order chi connectivity index (χ1) is 17.1. The van der Waals surface area contributed by atoms with Gasteiger partial charge in [0.2, 0.25) is 5.96 Å². The molecule has 4 aromatic rings. The first-order valence-electron chi connectivity index (χ1n) is 11.4. The van der Waals surface area contributed by atoms with E-state index in [9.17, 15) is 0 Å². The molecule has 0 fully saturated rings. The summed E-state index contributed by atoms with van der Waals surface area (Å²) in [5.74, 6) is 1.16. The van der Waals surface area contributed by atoms with E-state index >= 15 is 0 Å². The predicted molar refractivity (Wildman–Crippen MR) is 157 cm³/mol. The van der Waals surface area contributed by atoms with Gasteiger partial charge in [-0.05, 0) is 48.5 Å². The third kappa shape index (κ3) is 7.75. The Hall–Kier alpha value is -4.58. The van der Waals surface area contributed by atoms with Crippen LogP contribution in [-0.4, -0.2) is 33.1 Å². The molecule has 0 heterocycles. The molecule has 6 heteroatoms. The second-order valence-corrected chi connectivity index (χ2v) is 7.67. The zero-order valence-corrected chi connectivity index (χ0v) is 20.4. The quantitative estimate of drug-likeness (QED) is 0.219. The van der Waals surface area contributed by atoms with Crippen LogP contribution in [0.5, 0.6) is 0 Å². The molecule has 4 rings (SSSR count). The van der Waals surface area contributed by atoms with Crippen LogP contribution in [0.1, 0.15) is 4.28 Å². The fourth-order valence-corrected chi connectivity index (χ4v) is 3.23. The van der Waals surface area contributed by atoms with Crippen LogP contribution in [-0.2, 0) is 0 Å². The lowest BCUT2D eigenvalue weighted by molar-refractivity contribution is 1.12. The van der Waals surface area contributed by atoms with Crippen LogP contribution >= 0.6 is 0 Å². The third-order valence-corrected chi connectivity index (χ3v) is 5.22. The lowest BCUT2D eigenvalue weighted by Gasteiger charge is -2.28. The van der Waals surface area contributed by atoms with E-state index in [1.807, 2.05) is 145 Å². The molecule has 0 aliphatic carbocycles. The number of nitrogens with zero attached hydrogens (tertiary/aromatic N) is 3. The summed E-state index contributed by atoms with van der Waals surface area (Å²) in [7, 11) is 5.55. The molecule has 0 spiro atoms. The summed E-state index contributed by atoms with van der Waals surface area (Å²) in [4.78, 5) is 7.88. The molecule has 0 saturated heterocycles. The van der Waals surface area contributed by atoms with E-state index < -0.39 is 0 Å². The van der Waals surface area contributed by atoms with E-state index in [1.54, 1.807) is 7.05 Å². The van der Waals surface area contributed by atoms with Gasteiger partial charge >= 0.3 is 0 Å². The Kier molecular flexibility index (Phi) is 9.45. The lowest BCUT2D eigenvalue weighted by atomic mass is 10.3. The molecule has 6 nitrogen and oxygen atoms in total. The summed E-state index contributed by atoms with van der Waals surface area (Å²) >= 11 is 0. The van der Waals surface area contributed by atoms with E-state index in [1.165, 1.54) is 0 Å². The van der Waals surface area contributed by atoms with Crippen molar-refractivity contribution in [3.8, 4) is 0 Å². The van der Waals surface area contributed by atoms with Gasteiger partial charge in [0.15, 0.2) is 5.96 Å². The number of anilines is 4. The first kappa shape index (κ1) is 25.1. The summed E-state index contributed by atoms with van der Waals surface area (Å²) in [5.41, 5.74) is 4.03. The molecular weight excluding hydrogens is 432 g/mol. The summed E-state index contributed by atoms with van der Waals surface area (Å²) in [5, 5.41) is 14.7. The molecule has 0 amide bonds. The van der Waals surface area contributed by atoms with Crippen LogP contribution in [0.4, 0.5) is 22.7 Å². The fourth-order valence-electron chi connectivity index (χ4n) is 3.23. The van der Waals surface area contributed by atoms with Gasteiger partial charge in [-0.3, -0.25) is 10.4 Å². The van der Waals surface area contributed by atoms with Crippen LogP contribution in [0.25, 0.3) is 0 Å². The zero-order chi connectivity index (χ0) is 24.9. The number of nitrogens with one attached hydrogen (secondary N) is 3. The van der Waals surface area contributed by atoms with Crippen molar-refractivity contribution in [1.29, 1.82) is 5.41 Å². The molecule has 0 aromatic heterocycles. The van der Waals surface area contributed by atoms with Gasteiger partial charge in [0.1, 0.15) is 0 Å². The van der Waals surface area contributed by atoms with Crippen molar-refractivity contribution in [2.45, 2.75) is 0 Å². The maximum absolute atomic E-state index is 8.23. The zero-order valence-electron chi connectivity index (χ0n) is 20.4. The summed E-state index contributed by atoms with van der Waals surface area (Å²) in [6, 6.07) is 39.7. The number of aliphatic imine (C=N–C) groups is 1. The van der Waals surface area contributed by atoms with E-state index in [4.69, 9.17) is 5.41 Å². The van der Waals surface area contributed by atoms with Crippen molar-refractivity contribution in [2.24, 2.45) is 4.99 Å². The third-order valence-electron chi connectivity index (χ3n) is 5.22. The topological polar surface area (TPSA) is 66.8 Å². The van der Waals surface area contributed by atoms with Gasteiger partial charge in [0, 0.05) is 48.2 Å². The Balaban J connectivity index is 0.000000669. The molecule has 35 heavy (non-hydrogen) atoms. The fraction of sp³-hybridized carbons (Fsp3) is 0.103. The van der Waals surface area contributed by atoms with E-state index in [2.05, 4.69) is 15.6 Å². The summed E-state index contributed by atoms with van der Waals surface area (Å²) < 4.78 is 0. The predicted octanol–water partition coefficient (Wildman–Crippen LogP) is 7.13. The number of para-hydroxylation sites is 4. The average molecular weight is 471 g/mol. The number of guanidine groups is 2. The van der Waals surface area contributed by atoms with Gasteiger partial charge in [-0.25, -0.2) is 0 Å². The van der Waals surface area contributed by atoms with E-state index in [-0.39, 0.29) is 4.28 Å².